The van der Waals surface area contributed by atoms with Crippen LogP contribution >= 0.6 is 0 Å². The van der Waals surface area contributed by atoms with Crippen LogP contribution in [0.15, 0.2) is 12.1 Å². The number of methoxy groups -OCH3 is 2. The highest BCUT2D eigenvalue weighted by atomic mass is 16.6. The zero-order chi connectivity index (χ0) is 19.5. The topological polar surface area (TPSA) is 68.3 Å². The molecule has 7 nitrogen and oxygen atoms in total. The lowest BCUT2D eigenvalue weighted by atomic mass is 9.98. The van der Waals surface area contributed by atoms with Crippen LogP contribution in [0.3, 0.4) is 0 Å². The number of likely N-dealkylation sites (N-methyl/N-ethyl adjacent to an activating group) is 1. The summed E-state index contributed by atoms with van der Waals surface area (Å²) in [6.07, 6.45) is 0.229. The maximum atomic E-state index is 12.6. The Balaban J connectivity index is 2.03. The van der Waals surface area contributed by atoms with Crippen LogP contribution in [-0.2, 0) is 22.5 Å². The Morgan fingerprint density at radius 2 is 1.69 bits per heavy atom. The molecule has 1 aromatic rings. The van der Waals surface area contributed by atoms with Crippen LogP contribution in [0, 0.1) is 0 Å². The lowest BCUT2D eigenvalue weighted by Crippen LogP contribution is -2.44. The van der Waals surface area contributed by atoms with Crippen molar-refractivity contribution in [2.75, 3.05) is 34.4 Å². The first-order chi connectivity index (χ1) is 12.1. The molecule has 2 amide bonds. The predicted molar refractivity (Wildman–Crippen MR) is 97.5 cm³/mol. The Labute approximate surface area is 154 Å². The van der Waals surface area contributed by atoms with E-state index in [1.54, 1.807) is 46.9 Å². The second-order valence-corrected chi connectivity index (χ2v) is 7.38. The number of hydrogen-bond donors (Lipinski definition) is 0. The van der Waals surface area contributed by atoms with E-state index in [4.69, 9.17) is 14.2 Å². The summed E-state index contributed by atoms with van der Waals surface area (Å²) in [5, 5.41) is 0. The first-order valence-electron chi connectivity index (χ1n) is 8.60. The van der Waals surface area contributed by atoms with E-state index in [0.717, 1.165) is 17.5 Å². The average Bonchev–Trinajstić information content (AvgIpc) is 2.58. The molecule has 144 valence electrons. The normalized spacial score (nSPS) is 13.7. The molecule has 0 atom stereocenters. The summed E-state index contributed by atoms with van der Waals surface area (Å²) >= 11 is 0. The number of benzene rings is 1. The Hall–Kier alpha value is -2.44. The summed E-state index contributed by atoms with van der Waals surface area (Å²) in [5.74, 6) is 1.22. The van der Waals surface area contributed by atoms with Crippen molar-refractivity contribution in [3.63, 3.8) is 0 Å². The molecule has 0 aromatic heterocycles. The first kappa shape index (κ1) is 19.9. The number of hydrogen-bond acceptors (Lipinski definition) is 5. The van der Waals surface area contributed by atoms with Gasteiger partial charge in [-0.2, -0.15) is 0 Å². The van der Waals surface area contributed by atoms with Gasteiger partial charge in [-0.05, 0) is 50.5 Å². The van der Waals surface area contributed by atoms with Crippen LogP contribution in [0.2, 0.25) is 0 Å². The minimum Gasteiger partial charge on any atom is -0.493 e. The number of fused-ring (bicyclic) bond motifs is 1. The molecule has 0 bridgehead atoms. The predicted octanol–water partition coefficient (Wildman–Crippen LogP) is 2.46. The SMILES string of the molecule is COc1cc2c(cc1OC)CN(C(=O)CN(C)C(=O)OC(C)(C)C)CC2. The molecule has 1 aliphatic heterocycles. The highest BCUT2D eigenvalue weighted by molar-refractivity contribution is 5.82. The first-order valence-corrected chi connectivity index (χ1v) is 8.60. The third-order valence-electron chi connectivity index (χ3n) is 4.15. The van der Waals surface area contributed by atoms with Gasteiger partial charge < -0.3 is 24.0 Å². The molecule has 0 N–H and O–H groups in total. The van der Waals surface area contributed by atoms with Crippen molar-refractivity contribution >= 4 is 12.0 Å². The molecule has 0 saturated heterocycles. The molecule has 0 fully saturated rings. The number of ether oxygens (including phenoxy) is 3. The summed E-state index contributed by atoms with van der Waals surface area (Å²) < 4.78 is 16.0. The van der Waals surface area contributed by atoms with Gasteiger partial charge in [0.05, 0.1) is 14.2 Å². The van der Waals surface area contributed by atoms with E-state index in [-0.39, 0.29) is 12.5 Å². The molecule has 2 rings (SSSR count). The van der Waals surface area contributed by atoms with Crippen molar-refractivity contribution in [2.45, 2.75) is 39.3 Å². The van der Waals surface area contributed by atoms with E-state index in [2.05, 4.69) is 0 Å². The van der Waals surface area contributed by atoms with Crippen LogP contribution in [0.5, 0.6) is 11.5 Å². The maximum Gasteiger partial charge on any atom is 0.410 e. The highest BCUT2D eigenvalue weighted by Gasteiger charge is 2.26. The summed E-state index contributed by atoms with van der Waals surface area (Å²) in [4.78, 5) is 27.7. The van der Waals surface area contributed by atoms with Gasteiger partial charge in [-0.15, -0.1) is 0 Å². The second-order valence-electron chi connectivity index (χ2n) is 7.38. The summed E-state index contributed by atoms with van der Waals surface area (Å²) in [5.41, 5.74) is 1.59. The molecular formula is C19H28N2O5. The lowest BCUT2D eigenvalue weighted by molar-refractivity contribution is -0.133. The number of nitrogens with zero attached hydrogens (tertiary/aromatic N) is 2. The van der Waals surface area contributed by atoms with E-state index < -0.39 is 11.7 Å². The van der Waals surface area contributed by atoms with E-state index >= 15 is 0 Å². The number of carbonyl (C=O) groups excluding carboxylic acids is 2. The van der Waals surface area contributed by atoms with Gasteiger partial charge in [-0.1, -0.05) is 0 Å². The van der Waals surface area contributed by atoms with Gasteiger partial charge in [0.15, 0.2) is 11.5 Å². The van der Waals surface area contributed by atoms with Crippen LogP contribution in [-0.4, -0.2) is 61.8 Å². The molecular weight excluding hydrogens is 336 g/mol. The highest BCUT2D eigenvalue weighted by Crippen LogP contribution is 2.33. The van der Waals surface area contributed by atoms with E-state index in [0.29, 0.717) is 24.6 Å². The zero-order valence-electron chi connectivity index (χ0n) is 16.4. The monoisotopic (exact) mass is 364 g/mol. The number of amides is 2. The smallest absolute Gasteiger partial charge is 0.410 e. The molecule has 0 aliphatic carbocycles. The van der Waals surface area contributed by atoms with Crippen molar-refractivity contribution < 1.29 is 23.8 Å². The summed E-state index contributed by atoms with van der Waals surface area (Å²) in [7, 11) is 4.76. The zero-order valence-corrected chi connectivity index (χ0v) is 16.4. The molecule has 0 unspecified atom stereocenters. The minimum absolute atomic E-state index is 0.0163. The van der Waals surface area contributed by atoms with Gasteiger partial charge in [0, 0.05) is 20.1 Å². The van der Waals surface area contributed by atoms with Gasteiger partial charge >= 0.3 is 6.09 Å². The van der Waals surface area contributed by atoms with Crippen LogP contribution in [0.1, 0.15) is 31.9 Å². The van der Waals surface area contributed by atoms with E-state index in [1.807, 2.05) is 12.1 Å². The van der Waals surface area contributed by atoms with Crippen molar-refractivity contribution in [1.82, 2.24) is 9.80 Å². The van der Waals surface area contributed by atoms with E-state index in [1.165, 1.54) is 4.90 Å². The van der Waals surface area contributed by atoms with Gasteiger partial charge in [0.1, 0.15) is 12.1 Å². The fraction of sp³-hybridized carbons (Fsp3) is 0.579. The molecule has 7 heteroatoms. The van der Waals surface area contributed by atoms with Crippen LogP contribution < -0.4 is 9.47 Å². The third-order valence-corrected chi connectivity index (χ3v) is 4.15. The average molecular weight is 364 g/mol. The van der Waals surface area contributed by atoms with Gasteiger partial charge in [0.25, 0.3) is 0 Å². The lowest BCUT2D eigenvalue weighted by Gasteiger charge is -2.31. The minimum atomic E-state index is -0.589. The molecule has 0 radical (unpaired) electrons. The van der Waals surface area contributed by atoms with Crippen LogP contribution in [0.25, 0.3) is 0 Å². The summed E-state index contributed by atoms with van der Waals surface area (Å²) in [6, 6.07) is 3.87. The maximum absolute atomic E-state index is 12.6. The molecule has 0 spiro atoms. The van der Waals surface area contributed by atoms with Crippen LogP contribution in [0.4, 0.5) is 4.79 Å². The van der Waals surface area contributed by atoms with Crippen molar-refractivity contribution in [3.8, 4) is 11.5 Å². The fourth-order valence-corrected chi connectivity index (χ4v) is 2.80. The molecule has 26 heavy (non-hydrogen) atoms. The molecule has 0 saturated carbocycles. The number of carbonyl (C=O) groups is 2. The van der Waals surface area contributed by atoms with Gasteiger partial charge in [0.2, 0.25) is 5.91 Å². The molecule has 1 heterocycles. The number of rotatable bonds is 4. The Morgan fingerprint density at radius 1 is 1.12 bits per heavy atom. The van der Waals surface area contributed by atoms with Gasteiger partial charge in [-0.25, -0.2) is 4.79 Å². The molecule has 1 aliphatic rings. The third kappa shape index (κ3) is 4.80. The summed E-state index contributed by atoms with van der Waals surface area (Å²) in [6.45, 7) is 6.45. The largest absolute Gasteiger partial charge is 0.493 e. The van der Waals surface area contributed by atoms with Crippen molar-refractivity contribution in [3.05, 3.63) is 23.3 Å². The molecule has 1 aromatic carbocycles. The Kier molecular flexibility index (Phi) is 6.00. The van der Waals surface area contributed by atoms with Gasteiger partial charge in [-0.3, -0.25) is 4.79 Å². The quantitative estimate of drug-likeness (QED) is 0.821. The Bertz CT molecular complexity index is 681. The van der Waals surface area contributed by atoms with Crippen molar-refractivity contribution in [2.24, 2.45) is 0 Å². The second kappa shape index (κ2) is 7.85. The van der Waals surface area contributed by atoms with Crippen molar-refractivity contribution in [1.29, 1.82) is 0 Å². The standard InChI is InChI=1S/C19H28N2O5/c1-19(2,3)26-18(23)20(4)12-17(22)21-8-7-13-9-15(24-5)16(25-6)10-14(13)11-21/h9-10H,7-8,11-12H2,1-6H3. The Morgan fingerprint density at radius 3 is 2.23 bits per heavy atom. The van der Waals surface area contributed by atoms with E-state index in [9.17, 15) is 9.59 Å². The fourth-order valence-electron chi connectivity index (χ4n) is 2.80.